The first-order valence-electron chi connectivity index (χ1n) is 6.53. The Morgan fingerprint density at radius 2 is 2.35 bits per heavy atom. The predicted octanol–water partition coefficient (Wildman–Crippen LogP) is 0.628. The molecule has 8 heteroatoms. The molecule has 1 heterocycles. The van der Waals surface area contributed by atoms with E-state index in [1.807, 2.05) is 6.92 Å². The summed E-state index contributed by atoms with van der Waals surface area (Å²) in [5.74, 6) is 0.0955. The molecule has 0 saturated carbocycles. The third kappa shape index (κ3) is 4.62. The largest absolute Gasteiger partial charge is 0.396 e. The SMILES string of the molecule is CCN(CCCO)C(=O)c1sc(NCCOC)nc1N. The normalized spacial score (nSPS) is 10.6. The number of nitrogens with zero attached hydrogens (tertiary/aromatic N) is 2. The maximum Gasteiger partial charge on any atom is 0.267 e. The van der Waals surface area contributed by atoms with Gasteiger partial charge in [-0.15, -0.1) is 0 Å². The molecule has 7 nitrogen and oxygen atoms in total. The predicted molar refractivity (Wildman–Crippen MR) is 80.2 cm³/mol. The number of anilines is 2. The highest BCUT2D eigenvalue weighted by atomic mass is 32.1. The van der Waals surface area contributed by atoms with Gasteiger partial charge in [-0.2, -0.15) is 0 Å². The molecular formula is C12H22N4O3S. The molecule has 1 rings (SSSR count). The summed E-state index contributed by atoms with van der Waals surface area (Å²) in [4.78, 5) is 18.5. The molecule has 0 spiro atoms. The lowest BCUT2D eigenvalue weighted by Crippen LogP contribution is -2.32. The Morgan fingerprint density at radius 1 is 1.60 bits per heavy atom. The molecule has 0 fully saturated rings. The minimum absolute atomic E-state index is 0.0613. The highest BCUT2D eigenvalue weighted by molar-refractivity contribution is 7.18. The fourth-order valence-electron chi connectivity index (χ4n) is 1.63. The molecule has 0 atom stereocenters. The van der Waals surface area contributed by atoms with Crippen LogP contribution in [-0.2, 0) is 4.74 Å². The van der Waals surface area contributed by atoms with Crippen LogP contribution in [0.3, 0.4) is 0 Å². The van der Waals surface area contributed by atoms with E-state index in [0.717, 1.165) is 0 Å². The van der Waals surface area contributed by atoms with Crippen LogP contribution in [0.2, 0.25) is 0 Å². The Balaban J connectivity index is 2.71. The Hall–Kier alpha value is -1.38. The zero-order chi connectivity index (χ0) is 15.0. The standard InChI is InChI=1S/C12H22N4O3S/c1-3-16(6-4-7-17)11(18)9-10(13)15-12(20-9)14-5-8-19-2/h17H,3-8,13H2,1-2H3,(H,14,15). The minimum Gasteiger partial charge on any atom is -0.396 e. The third-order valence-corrected chi connectivity index (χ3v) is 3.70. The van der Waals surface area contributed by atoms with Crippen LogP contribution in [-0.4, -0.2) is 60.9 Å². The number of nitrogens with one attached hydrogen (secondary N) is 1. The number of rotatable bonds is 9. The molecule has 0 aliphatic heterocycles. The van der Waals surface area contributed by atoms with Crippen molar-refractivity contribution in [3.05, 3.63) is 4.88 Å². The summed E-state index contributed by atoms with van der Waals surface area (Å²) in [7, 11) is 1.62. The van der Waals surface area contributed by atoms with E-state index < -0.39 is 0 Å². The van der Waals surface area contributed by atoms with Gasteiger partial charge in [-0.05, 0) is 13.3 Å². The van der Waals surface area contributed by atoms with E-state index in [4.69, 9.17) is 15.6 Å². The first-order valence-corrected chi connectivity index (χ1v) is 7.34. The average Bonchev–Trinajstić information content (AvgIpc) is 2.81. The van der Waals surface area contributed by atoms with Crippen molar-refractivity contribution in [1.82, 2.24) is 9.88 Å². The number of aliphatic hydroxyl groups is 1. The van der Waals surface area contributed by atoms with Crippen molar-refractivity contribution < 1.29 is 14.6 Å². The molecule has 0 aromatic carbocycles. The Labute approximate surface area is 122 Å². The van der Waals surface area contributed by atoms with Crippen LogP contribution < -0.4 is 11.1 Å². The van der Waals surface area contributed by atoms with Gasteiger partial charge in [0, 0.05) is 33.4 Å². The lowest BCUT2D eigenvalue weighted by atomic mass is 10.3. The Morgan fingerprint density at radius 3 is 2.95 bits per heavy atom. The number of nitrogen functional groups attached to an aromatic ring is 1. The molecule has 1 aromatic rings. The van der Waals surface area contributed by atoms with Crippen molar-refractivity contribution in [3.63, 3.8) is 0 Å². The van der Waals surface area contributed by atoms with E-state index in [0.29, 0.717) is 42.7 Å². The summed E-state index contributed by atoms with van der Waals surface area (Å²) in [6.07, 6.45) is 0.553. The molecule has 1 aromatic heterocycles. The van der Waals surface area contributed by atoms with Gasteiger partial charge in [-0.3, -0.25) is 4.79 Å². The fourth-order valence-corrected chi connectivity index (χ4v) is 2.51. The number of aromatic nitrogens is 1. The molecule has 0 bridgehead atoms. The summed E-state index contributed by atoms with van der Waals surface area (Å²) in [5.41, 5.74) is 5.80. The molecule has 20 heavy (non-hydrogen) atoms. The van der Waals surface area contributed by atoms with E-state index in [1.54, 1.807) is 12.0 Å². The van der Waals surface area contributed by atoms with Crippen molar-refractivity contribution in [1.29, 1.82) is 0 Å². The van der Waals surface area contributed by atoms with Gasteiger partial charge in [0.25, 0.3) is 5.91 Å². The molecule has 0 aliphatic carbocycles. The van der Waals surface area contributed by atoms with E-state index in [-0.39, 0.29) is 18.3 Å². The molecule has 0 unspecified atom stereocenters. The van der Waals surface area contributed by atoms with Gasteiger partial charge in [-0.1, -0.05) is 11.3 Å². The van der Waals surface area contributed by atoms with E-state index in [9.17, 15) is 4.79 Å². The first kappa shape index (κ1) is 16.7. The number of thiazole rings is 1. The second kappa shape index (κ2) is 8.72. The number of carbonyl (C=O) groups is 1. The second-order valence-electron chi connectivity index (χ2n) is 4.11. The van der Waals surface area contributed by atoms with Crippen molar-refractivity contribution in [3.8, 4) is 0 Å². The topological polar surface area (TPSA) is 101 Å². The number of ether oxygens (including phenoxy) is 1. The van der Waals surface area contributed by atoms with Crippen LogP contribution in [0.25, 0.3) is 0 Å². The van der Waals surface area contributed by atoms with Crippen molar-refractivity contribution in [2.75, 3.05) is 51.0 Å². The van der Waals surface area contributed by atoms with Gasteiger partial charge >= 0.3 is 0 Å². The lowest BCUT2D eigenvalue weighted by Gasteiger charge is -2.19. The van der Waals surface area contributed by atoms with Gasteiger partial charge in [-0.25, -0.2) is 4.98 Å². The smallest absolute Gasteiger partial charge is 0.267 e. The summed E-state index contributed by atoms with van der Waals surface area (Å²) in [5, 5.41) is 12.5. The van der Waals surface area contributed by atoms with Crippen LogP contribution in [0.5, 0.6) is 0 Å². The Bertz CT molecular complexity index is 425. The molecule has 0 saturated heterocycles. The monoisotopic (exact) mass is 302 g/mol. The van der Waals surface area contributed by atoms with Gasteiger partial charge in [0.2, 0.25) is 0 Å². The molecule has 4 N–H and O–H groups in total. The number of methoxy groups -OCH3 is 1. The molecular weight excluding hydrogens is 280 g/mol. The first-order chi connectivity index (χ1) is 9.63. The van der Waals surface area contributed by atoms with Crippen LogP contribution in [0.4, 0.5) is 10.9 Å². The quantitative estimate of drug-likeness (QED) is 0.578. The van der Waals surface area contributed by atoms with Crippen LogP contribution in [0.15, 0.2) is 0 Å². The average molecular weight is 302 g/mol. The third-order valence-electron chi connectivity index (χ3n) is 2.69. The highest BCUT2D eigenvalue weighted by Gasteiger charge is 2.20. The molecule has 0 radical (unpaired) electrons. The Kier molecular flexibility index (Phi) is 7.27. The number of hydrogen-bond donors (Lipinski definition) is 3. The van der Waals surface area contributed by atoms with Crippen molar-refractivity contribution in [2.45, 2.75) is 13.3 Å². The molecule has 1 amide bonds. The number of nitrogens with two attached hydrogens (primary N) is 1. The minimum atomic E-state index is -0.143. The van der Waals surface area contributed by atoms with Crippen LogP contribution in [0, 0.1) is 0 Å². The fraction of sp³-hybridized carbons (Fsp3) is 0.667. The number of aliphatic hydroxyl groups excluding tert-OH is 1. The summed E-state index contributed by atoms with van der Waals surface area (Å²) in [6.45, 7) is 4.20. The van der Waals surface area contributed by atoms with Crippen molar-refractivity contribution in [2.24, 2.45) is 0 Å². The maximum absolute atomic E-state index is 12.3. The summed E-state index contributed by atoms with van der Waals surface area (Å²) in [6, 6.07) is 0. The lowest BCUT2D eigenvalue weighted by molar-refractivity contribution is 0.0760. The van der Waals surface area contributed by atoms with Crippen molar-refractivity contribution >= 4 is 28.2 Å². The number of amides is 1. The van der Waals surface area contributed by atoms with Crippen LogP contribution >= 0.6 is 11.3 Å². The van der Waals surface area contributed by atoms with Gasteiger partial charge in [0.1, 0.15) is 10.7 Å². The number of hydrogen-bond acceptors (Lipinski definition) is 7. The van der Waals surface area contributed by atoms with E-state index in [2.05, 4.69) is 10.3 Å². The summed E-state index contributed by atoms with van der Waals surface area (Å²) >= 11 is 1.24. The van der Waals surface area contributed by atoms with Gasteiger partial charge in [0.15, 0.2) is 5.13 Å². The maximum atomic E-state index is 12.3. The molecule has 0 aliphatic rings. The zero-order valence-corrected chi connectivity index (χ0v) is 12.7. The summed E-state index contributed by atoms with van der Waals surface area (Å²) < 4.78 is 4.93. The number of carbonyl (C=O) groups excluding carboxylic acids is 1. The van der Waals surface area contributed by atoms with E-state index >= 15 is 0 Å². The van der Waals surface area contributed by atoms with Gasteiger partial charge < -0.3 is 25.8 Å². The zero-order valence-electron chi connectivity index (χ0n) is 11.9. The molecule has 114 valence electrons. The highest BCUT2D eigenvalue weighted by Crippen LogP contribution is 2.26. The second-order valence-corrected chi connectivity index (χ2v) is 5.11. The van der Waals surface area contributed by atoms with Crippen LogP contribution in [0.1, 0.15) is 23.0 Å². The van der Waals surface area contributed by atoms with E-state index in [1.165, 1.54) is 11.3 Å². The van der Waals surface area contributed by atoms with Gasteiger partial charge in [0.05, 0.1) is 6.61 Å².